The lowest BCUT2D eigenvalue weighted by atomic mass is 9.99. The van der Waals surface area contributed by atoms with E-state index in [0.717, 1.165) is 12.0 Å². The molecule has 0 spiro atoms. The molecule has 0 heterocycles. The average Bonchev–Trinajstić information content (AvgIpc) is 2.62. The van der Waals surface area contributed by atoms with Crippen LogP contribution in [0, 0.1) is 5.92 Å². The van der Waals surface area contributed by atoms with E-state index in [0.29, 0.717) is 18.0 Å². The van der Waals surface area contributed by atoms with Crippen molar-refractivity contribution < 1.29 is 23.8 Å². The Morgan fingerprint density at radius 1 is 1.12 bits per heavy atom. The van der Waals surface area contributed by atoms with Gasteiger partial charge in [-0.25, -0.2) is 9.59 Å². The minimum atomic E-state index is -0.676. The van der Waals surface area contributed by atoms with E-state index in [-0.39, 0.29) is 5.92 Å². The SMILES string of the molecule is CC[C@H](C)[C@@H](NC(=O)NCc1ccc(OC)c(OC)c1)C(=O)OC. The number of carbonyl (C=O) groups is 2. The highest BCUT2D eigenvalue weighted by Gasteiger charge is 2.26. The van der Waals surface area contributed by atoms with Crippen molar-refractivity contribution in [3.05, 3.63) is 23.8 Å². The molecule has 1 aromatic rings. The van der Waals surface area contributed by atoms with Gasteiger partial charge in [-0.2, -0.15) is 0 Å². The van der Waals surface area contributed by atoms with Gasteiger partial charge in [-0.15, -0.1) is 0 Å². The molecule has 1 aromatic carbocycles. The van der Waals surface area contributed by atoms with Crippen LogP contribution in [0.25, 0.3) is 0 Å². The lowest BCUT2D eigenvalue weighted by Crippen LogP contribution is -2.49. The van der Waals surface area contributed by atoms with Crippen molar-refractivity contribution in [1.29, 1.82) is 0 Å². The lowest BCUT2D eigenvalue weighted by Gasteiger charge is -2.22. The predicted molar refractivity (Wildman–Crippen MR) is 90.2 cm³/mol. The summed E-state index contributed by atoms with van der Waals surface area (Å²) in [5.41, 5.74) is 0.848. The molecular formula is C17H26N2O5. The monoisotopic (exact) mass is 338 g/mol. The average molecular weight is 338 g/mol. The van der Waals surface area contributed by atoms with Crippen LogP contribution in [0.15, 0.2) is 18.2 Å². The zero-order valence-corrected chi connectivity index (χ0v) is 14.8. The standard InChI is InChI=1S/C17H26N2O5/c1-6-11(2)15(16(20)24-5)19-17(21)18-10-12-7-8-13(22-3)14(9-12)23-4/h7-9,11,15H,6,10H2,1-5H3,(H2,18,19,21)/t11-,15+/m0/s1. The third kappa shape index (κ3) is 5.33. The van der Waals surface area contributed by atoms with Gasteiger partial charge in [0.25, 0.3) is 0 Å². The predicted octanol–water partition coefficient (Wildman–Crippen LogP) is 2.09. The summed E-state index contributed by atoms with van der Waals surface area (Å²) in [5, 5.41) is 5.38. The van der Waals surface area contributed by atoms with Crippen LogP contribution >= 0.6 is 0 Å². The van der Waals surface area contributed by atoms with Crippen LogP contribution in [0.5, 0.6) is 11.5 Å². The molecule has 2 amide bonds. The molecule has 1 rings (SSSR count). The van der Waals surface area contributed by atoms with E-state index in [1.807, 2.05) is 19.9 Å². The maximum atomic E-state index is 12.1. The number of esters is 1. The molecule has 0 aliphatic carbocycles. The van der Waals surface area contributed by atoms with Gasteiger partial charge in [-0.3, -0.25) is 0 Å². The first-order valence-electron chi connectivity index (χ1n) is 7.79. The van der Waals surface area contributed by atoms with Crippen LogP contribution in [-0.2, 0) is 16.1 Å². The first kappa shape index (κ1) is 19.6. The Kier molecular flexibility index (Phi) is 7.88. The lowest BCUT2D eigenvalue weighted by molar-refractivity contribution is -0.144. The number of hydrogen-bond donors (Lipinski definition) is 2. The second-order valence-electron chi connectivity index (χ2n) is 5.40. The van der Waals surface area contributed by atoms with E-state index in [1.165, 1.54) is 7.11 Å². The highest BCUT2D eigenvalue weighted by Crippen LogP contribution is 2.27. The number of hydrogen-bond acceptors (Lipinski definition) is 5. The van der Waals surface area contributed by atoms with Crippen molar-refractivity contribution in [1.82, 2.24) is 10.6 Å². The second kappa shape index (κ2) is 9.64. The third-order valence-corrected chi connectivity index (χ3v) is 3.86. The number of methoxy groups -OCH3 is 3. The van der Waals surface area contributed by atoms with Gasteiger partial charge >= 0.3 is 12.0 Å². The van der Waals surface area contributed by atoms with Crippen LogP contribution in [0.4, 0.5) is 4.79 Å². The molecule has 2 N–H and O–H groups in total. The Bertz CT molecular complexity index is 562. The highest BCUT2D eigenvalue weighted by molar-refractivity contribution is 5.83. The van der Waals surface area contributed by atoms with Crippen molar-refractivity contribution >= 4 is 12.0 Å². The van der Waals surface area contributed by atoms with Crippen molar-refractivity contribution in [2.45, 2.75) is 32.9 Å². The van der Waals surface area contributed by atoms with E-state index in [1.54, 1.807) is 26.4 Å². The van der Waals surface area contributed by atoms with Gasteiger partial charge in [0.05, 0.1) is 21.3 Å². The Balaban J connectivity index is 2.66. The van der Waals surface area contributed by atoms with Crippen molar-refractivity contribution in [2.24, 2.45) is 5.92 Å². The summed E-state index contributed by atoms with van der Waals surface area (Å²) < 4.78 is 15.1. The smallest absolute Gasteiger partial charge is 0.328 e. The number of rotatable bonds is 8. The number of benzene rings is 1. The zero-order valence-electron chi connectivity index (χ0n) is 14.8. The minimum Gasteiger partial charge on any atom is -0.493 e. The van der Waals surface area contributed by atoms with Gasteiger partial charge in [-0.1, -0.05) is 26.3 Å². The Labute approximate surface area is 142 Å². The molecule has 24 heavy (non-hydrogen) atoms. The molecule has 2 atom stereocenters. The molecule has 134 valence electrons. The highest BCUT2D eigenvalue weighted by atomic mass is 16.5. The van der Waals surface area contributed by atoms with E-state index in [9.17, 15) is 9.59 Å². The summed E-state index contributed by atoms with van der Waals surface area (Å²) in [6, 6.07) is 4.27. The summed E-state index contributed by atoms with van der Waals surface area (Å²) in [7, 11) is 4.42. The van der Waals surface area contributed by atoms with E-state index in [2.05, 4.69) is 10.6 Å². The summed E-state index contributed by atoms with van der Waals surface area (Å²) in [6.45, 7) is 4.13. The molecule has 0 aliphatic heterocycles. The van der Waals surface area contributed by atoms with Gasteiger partial charge in [-0.05, 0) is 23.6 Å². The van der Waals surface area contributed by atoms with E-state index in [4.69, 9.17) is 14.2 Å². The van der Waals surface area contributed by atoms with Gasteiger partial charge in [0.1, 0.15) is 6.04 Å². The molecule has 0 bridgehead atoms. The number of urea groups is 1. The maximum absolute atomic E-state index is 12.1. The summed E-state index contributed by atoms with van der Waals surface area (Å²) in [5.74, 6) is 0.729. The van der Waals surface area contributed by atoms with Gasteiger partial charge in [0.15, 0.2) is 11.5 Å². The summed E-state index contributed by atoms with van der Waals surface area (Å²) in [6.07, 6.45) is 0.746. The number of nitrogens with one attached hydrogen (secondary N) is 2. The molecule has 0 unspecified atom stereocenters. The first-order chi connectivity index (χ1) is 11.5. The summed E-state index contributed by atoms with van der Waals surface area (Å²) >= 11 is 0. The first-order valence-corrected chi connectivity index (χ1v) is 7.79. The van der Waals surface area contributed by atoms with E-state index < -0.39 is 18.0 Å². The van der Waals surface area contributed by atoms with Crippen molar-refractivity contribution in [2.75, 3.05) is 21.3 Å². The van der Waals surface area contributed by atoms with E-state index >= 15 is 0 Å². The number of ether oxygens (including phenoxy) is 3. The van der Waals surface area contributed by atoms with Crippen LogP contribution in [-0.4, -0.2) is 39.4 Å². The molecule has 7 heteroatoms. The van der Waals surface area contributed by atoms with Gasteiger partial charge in [0.2, 0.25) is 0 Å². The fraction of sp³-hybridized carbons (Fsp3) is 0.529. The Hall–Kier alpha value is -2.44. The third-order valence-electron chi connectivity index (χ3n) is 3.86. The normalized spacial score (nSPS) is 12.7. The quantitative estimate of drug-likeness (QED) is 0.709. The number of amides is 2. The van der Waals surface area contributed by atoms with Crippen molar-refractivity contribution in [3.8, 4) is 11.5 Å². The van der Waals surface area contributed by atoms with Gasteiger partial charge in [0, 0.05) is 6.54 Å². The molecule has 0 radical (unpaired) electrons. The maximum Gasteiger partial charge on any atom is 0.328 e. The van der Waals surface area contributed by atoms with Crippen molar-refractivity contribution in [3.63, 3.8) is 0 Å². The fourth-order valence-corrected chi connectivity index (χ4v) is 2.16. The Morgan fingerprint density at radius 3 is 2.33 bits per heavy atom. The Morgan fingerprint density at radius 2 is 1.79 bits per heavy atom. The molecule has 0 aliphatic rings. The van der Waals surface area contributed by atoms with Crippen LogP contribution in [0.1, 0.15) is 25.8 Å². The van der Waals surface area contributed by atoms with Crippen LogP contribution < -0.4 is 20.1 Å². The molecule has 0 saturated carbocycles. The summed E-state index contributed by atoms with van der Waals surface area (Å²) in [4.78, 5) is 23.8. The second-order valence-corrected chi connectivity index (χ2v) is 5.40. The fourth-order valence-electron chi connectivity index (χ4n) is 2.16. The van der Waals surface area contributed by atoms with Gasteiger partial charge < -0.3 is 24.8 Å². The van der Waals surface area contributed by atoms with Crippen LogP contribution in [0.2, 0.25) is 0 Å². The number of carbonyl (C=O) groups excluding carboxylic acids is 2. The molecule has 0 aromatic heterocycles. The van der Waals surface area contributed by atoms with Crippen LogP contribution in [0.3, 0.4) is 0 Å². The topological polar surface area (TPSA) is 85.9 Å². The molecular weight excluding hydrogens is 312 g/mol. The minimum absolute atomic E-state index is 0.0238. The molecule has 0 saturated heterocycles. The molecule has 7 nitrogen and oxygen atoms in total. The molecule has 0 fully saturated rings. The largest absolute Gasteiger partial charge is 0.493 e. The zero-order chi connectivity index (χ0) is 18.1.